The molecule has 4 rings (SSSR count). The lowest BCUT2D eigenvalue weighted by molar-refractivity contribution is 0.463. The largest absolute Gasteiger partial charge is 0.439 e. The molecule has 0 bridgehead atoms. The van der Waals surface area contributed by atoms with E-state index >= 15 is 0 Å². The van der Waals surface area contributed by atoms with E-state index < -0.39 is 11.4 Å². The minimum atomic E-state index is -0.612. The van der Waals surface area contributed by atoms with Gasteiger partial charge in [-0.1, -0.05) is 30.7 Å². The molecular formula is C25H21ClN6O3. The van der Waals surface area contributed by atoms with Gasteiger partial charge in [-0.25, -0.2) is 19.1 Å². The summed E-state index contributed by atoms with van der Waals surface area (Å²) < 4.78 is 8.24. The van der Waals surface area contributed by atoms with Crippen molar-refractivity contribution in [2.45, 2.75) is 26.4 Å². The van der Waals surface area contributed by atoms with Crippen LogP contribution in [-0.2, 0) is 13.1 Å². The fraction of sp³-hybridized carbons (Fsp3) is 0.160. The molecule has 9 nitrogen and oxygen atoms in total. The molecule has 0 spiro atoms. The van der Waals surface area contributed by atoms with Gasteiger partial charge in [0, 0.05) is 29.5 Å². The highest BCUT2D eigenvalue weighted by atomic mass is 35.5. The molecule has 0 radical (unpaired) electrons. The molecule has 35 heavy (non-hydrogen) atoms. The second-order valence-electron chi connectivity index (χ2n) is 7.61. The Morgan fingerprint density at radius 2 is 1.77 bits per heavy atom. The van der Waals surface area contributed by atoms with Gasteiger partial charge in [-0.3, -0.25) is 4.57 Å². The predicted octanol–water partition coefficient (Wildman–Crippen LogP) is 4.32. The molecule has 0 aliphatic rings. The molecular weight excluding hydrogens is 468 g/mol. The number of benzene rings is 2. The summed E-state index contributed by atoms with van der Waals surface area (Å²) in [4.78, 5) is 33.9. The monoisotopic (exact) mass is 488 g/mol. The zero-order valence-electron chi connectivity index (χ0n) is 18.8. The summed E-state index contributed by atoms with van der Waals surface area (Å²) in [5.74, 6) is 1.00. The van der Waals surface area contributed by atoms with E-state index in [0.29, 0.717) is 34.3 Å². The number of anilines is 2. The van der Waals surface area contributed by atoms with E-state index in [4.69, 9.17) is 21.6 Å². The molecule has 176 valence electrons. The highest BCUT2D eigenvalue weighted by molar-refractivity contribution is 6.30. The van der Waals surface area contributed by atoms with Gasteiger partial charge < -0.3 is 10.1 Å². The zero-order valence-corrected chi connectivity index (χ0v) is 19.6. The minimum absolute atomic E-state index is 0.129. The van der Waals surface area contributed by atoms with Crippen LogP contribution in [0.3, 0.4) is 0 Å². The molecule has 0 saturated carbocycles. The van der Waals surface area contributed by atoms with Gasteiger partial charge in [-0.2, -0.15) is 10.2 Å². The van der Waals surface area contributed by atoms with Crippen LogP contribution in [0.15, 0.2) is 76.4 Å². The number of hydrogen-bond acceptors (Lipinski definition) is 7. The summed E-state index contributed by atoms with van der Waals surface area (Å²) in [5.41, 5.74) is 0.820. The molecule has 0 atom stereocenters. The Bertz CT molecular complexity index is 1470. The number of pyridine rings is 1. The third kappa shape index (κ3) is 5.75. The van der Waals surface area contributed by atoms with Crippen LogP contribution in [0.25, 0.3) is 0 Å². The topological polar surface area (TPSA) is 115 Å². The van der Waals surface area contributed by atoms with Crippen LogP contribution in [-0.4, -0.2) is 19.1 Å². The maximum absolute atomic E-state index is 13.1. The first-order valence-corrected chi connectivity index (χ1v) is 11.2. The van der Waals surface area contributed by atoms with Crippen molar-refractivity contribution < 1.29 is 4.74 Å². The SMILES string of the molecule is CCCn1c(=O)nc(Nc2ccc(Oc3ccc(C#N)cn3)cc2)n(Cc2ccc(Cl)cc2)c1=O. The molecule has 0 aliphatic carbocycles. The standard InChI is InChI=1S/C25H21ClN6O3/c1-2-13-31-24(33)30-23(32(25(31)34)16-17-3-6-19(26)7-4-17)29-20-8-10-21(11-9-20)35-22-12-5-18(14-27)15-28-22/h3-12,15H,2,13,16H2,1H3,(H,29,30,33). The van der Waals surface area contributed by atoms with Gasteiger partial charge >= 0.3 is 11.4 Å². The Kier molecular flexibility index (Phi) is 7.24. The predicted molar refractivity (Wildman–Crippen MR) is 132 cm³/mol. The van der Waals surface area contributed by atoms with E-state index in [1.54, 1.807) is 48.5 Å². The summed E-state index contributed by atoms with van der Waals surface area (Å²) in [6.07, 6.45) is 2.05. The van der Waals surface area contributed by atoms with E-state index in [9.17, 15) is 9.59 Å². The molecule has 0 aliphatic heterocycles. The summed E-state index contributed by atoms with van der Waals surface area (Å²) in [7, 11) is 0. The van der Waals surface area contributed by atoms with Gasteiger partial charge in [0.1, 0.15) is 11.8 Å². The first-order valence-electron chi connectivity index (χ1n) is 10.8. The summed E-state index contributed by atoms with van der Waals surface area (Å²) in [6, 6.07) is 19.2. The first-order chi connectivity index (χ1) is 17.0. The Labute approximate surface area is 205 Å². The van der Waals surface area contributed by atoms with Gasteiger partial charge in [0.25, 0.3) is 0 Å². The Balaban J connectivity index is 1.60. The maximum Gasteiger partial charge on any atom is 0.354 e. The van der Waals surface area contributed by atoms with E-state index in [1.807, 2.05) is 25.1 Å². The lowest BCUT2D eigenvalue weighted by atomic mass is 10.2. The quantitative estimate of drug-likeness (QED) is 0.392. The molecule has 4 aromatic rings. The van der Waals surface area contributed by atoms with Crippen molar-refractivity contribution in [2.24, 2.45) is 0 Å². The minimum Gasteiger partial charge on any atom is -0.439 e. The van der Waals surface area contributed by atoms with E-state index in [-0.39, 0.29) is 19.0 Å². The number of nitrogens with zero attached hydrogens (tertiary/aromatic N) is 5. The van der Waals surface area contributed by atoms with Gasteiger partial charge in [0.05, 0.1) is 12.1 Å². The van der Waals surface area contributed by atoms with Crippen LogP contribution in [0.5, 0.6) is 11.6 Å². The molecule has 0 amide bonds. The van der Waals surface area contributed by atoms with Crippen molar-refractivity contribution in [3.8, 4) is 17.7 Å². The molecule has 0 saturated heterocycles. The number of nitrogens with one attached hydrogen (secondary N) is 1. The van der Waals surface area contributed by atoms with Crippen molar-refractivity contribution in [3.63, 3.8) is 0 Å². The van der Waals surface area contributed by atoms with Gasteiger partial charge in [0.15, 0.2) is 0 Å². The van der Waals surface area contributed by atoms with Crippen LogP contribution in [0.2, 0.25) is 5.02 Å². The van der Waals surface area contributed by atoms with Gasteiger partial charge in [-0.05, 0) is 54.4 Å². The van der Waals surface area contributed by atoms with Crippen molar-refractivity contribution in [1.29, 1.82) is 5.26 Å². The summed E-state index contributed by atoms with van der Waals surface area (Å²) >= 11 is 5.98. The molecule has 2 aromatic carbocycles. The Morgan fingerprint density at radius 3 is 2.40 bits per heavy atom. The van der Waals surface area contributed by atoms with Gasteiger partial charge in [-0.15, -0.1) is 0 Å². The fourth-order valence-electron chi connectivity index (χ4n) is 3.32. The molecule has 10 heteroatoms. The third-order valence-electron chi connectivity index (χ3n) is 5.05. The molecule has 1 N–H and O–H groups in total. The number of rotatable bonds is 8. The smallest absolute Gasteiger partial charge is 0.354 e. The van der Waals surface area contributed by atoms with Crippen molar-refractivity contribution in [1.82, 2.24) is 19.1 Å². The maximum atomic E-state index is 13.1. The average molecular weight is 489 g/mol. The average Bonchev–Trinajstić information content (AvgIpc) is 2.87. The normalized spacial score (nSPS) is 10.5. The number of halogens is 1. The van der Waals surface area contributed by atoms with Crippen LogP contribution in [0, 0.1) is 11.3 Å². The summed E-state index contributed by atoms with van der Waals surface area (Å²) in [6.45, 7) is 2.38. The highest BCUT2D eigenvalue weighted by Gasteiger charge is 2.14. The Hall–Kier alpha value is -4.42. The Morgan fingerprint density at radius 1 is 1.03 bits per heavy atom. The van der Waals surface area contributed by atoms with Crippen LogP contribution < -0.4 is 21.4 Å². The molecule has 0 unspecified atom stereocenters. The zero-order chi connectivity index (χ0) is 24.8. The molecule has 2 aromatic heterocycles. The second kappa shape index (κ2) is 10.7. The molecule has 0 fully saturated rings. The second-order valence-corrected chi connectivity index (χ2v) is 8.05. The number of hydrogen-bond donors (Lipinski definition) is 1. The van der Waals surface area contributed by atoms with E-state index in [1.165, 1.54) is 10.8 Å². The van der Waals surface area contributed by atoms with Crippen LogP contribution in [0.1, 0.15) is 24.5 Å². The summed E-state index contributed by atoms with van der Waals surface area (Å²) in [5, 5.41) is 12.5. The van der Waals surface area contributed by atoms with Crippen molar-refractivity contribution in [3.05, 3.63) is 104 Å². The lowest BCUT2D eigenvalue weighted by Gasteiger charge is -2.16. The third-order valence-corrected chi connectivity index (χ3v) is 5.30. The van der Waals surface area contributed by atoms with Gasteiger partial charge in [0.2, 0.25) is 11.8 Å². The lowest BCUT2D eigenvalue weighted by Crippen LogP contribution is -2.42. The number of nitriles is 1. The van der Waals surface area contributed by atoms with Crippen molar-refractivity contribution >= 4 is 23.2 Å². The molecule has 2 heterocycles. The number of ether oxygens (including phenoxy) is 1. The number of aromatic nitrogens is 4. The first kappa shape index (κ1) is 23.7. The highest BCUT2D eigenvalue weighted by Crippen LogP contribution is 2.23. The fourth-order valence-corrected chi connectivity index (χ4v) is 3.44. The van der Waals surface area contributed by atoms with Crippen molar-refractivity contribution in [2.75, 3.05) is 5.32 Å². The van der Waals surface area contributed by atoms with E-state index in [2.05, 4.69) is 15.3 Å². The van der Waals surface area contributed by atoms with E-state index in [0.717, 1.165) is 10.1 Å². The van der Waals surface area contributed by atoms with Crippen LogP contribution in [0.4, 0.5) is 11.6 Å². The van der Waals surface area contributed by atoms with Crippen LogP contribution >= 0.6 is 11.6 Å².